The highest BCUT2D eigenvalue weighted by Gasteiger charge is 2.29. The molecule has 1 saturated heterocycles. The third-order valence-corrected chi connectivity index (χ3v) is 4.90. The van der Waals surface area contributed by atoms with Crippen molar-refractivity contribution in [2.75, 3.05) is 11.9 Å². The van der Waals surface area contributed by atoms with Gasteiger partial charge in [-0.25, -0.2) is 4.98 Å². The van der Waals surface area contributed by atoms with Crippen LogP contribution in [0.2, 0.25) is 0 Å². The molecule has 0 saturated carbocycles. The molecule has 0 spiro atoms. The number of carbonyl (C=O) groups excluding carboxylic acids is 1. The number of aryl methyl sites for hydroxylation is 1. The summed E-state index contributed by atoms with van der Waals surface area (Å²) in [6.45, 7) is 3.31. The highest BCUT2D eigenvalue weighted by atomic mass is 16.5. The molecule has 29 heavy (non-hydrogen) atoms. The summed E-state index contributed by atoms with van der Waals surface area (Å²) in [6, 6.07) is 10.8. The minimum absolute atomic E-state index is 0.00196. The van der Waals surface area contributed by atoms with Crippen molar-refractivity contribution in [2.45, 2.75) is 38.8 Å². The molecule has 1 aliphatic rings. The lowest BCUT2D eigenvalue weighted by atomic mass is 10.0. The van der Waals surface area contributed by atoms with Crippen LogP contribution in [0.5, 0.6) is 11.5 Å². The number of hydrogen-bond acceptors (Lipinski definition) is 6. The molecule has 1 atom stereocenters. The van der Waals surface area contributed by atoms with Crippen molar-refractivity contribution in [3.63, 3.8) is 0 Å². The van der Waals surface area contributed by atoms with Gasteiger partial charge in [0.25, 0.3) is 0 Å². The molecule has 3 heterocycles. The number of piperidine rings is 1. The number of ether oxygens (including phenoxy) is 1. The number of nitrogens with one attached hydrogen (secondary N) is 2. The first kappa shape index (κ1) is 19.1. The predicted molar refractivity (Wildman–Crippen MR) is 109 cm³/mol. The number of aromatic amines is 1. The average Bonchev–Trinajstić information content (AvgIpc) is 3.15. The van der Waals surface area contributed by atoms with Gasteiger partial charge in [0.15, 0.2) is 5.82 Å². The van der Waals surface area contributed by atoms with Crippen LogP contribution in [-0.4, -0.2) is 43.6 Å². The summed E-state index contributed by atoms with van der Waals surface area (Å²) in [4.78, 5) is 23.5. The number of hydrogen-bond donors (Lipinski definition) is 2. The van der Waals surface area contributed by atoms with E-state index in [-0.39, 0.29) is 11.9 Å². The van der Waals surface area contributed by atoms with Gasteiger partial charge in [0.05, 0.1) is 18.8 Å². The summed E-state index contributed by atoms with van der Waals surface area (Å²) < 4.78 is 5.74. The van der Waals surface area contributed by atoms with Crippen LogP contribution in [-0.2, 0) is 11.3 Å². The number of anilines is 1. The summed E-state index contributed by atoms with van der Waals surface area (Å²) >= 11 is 0. The Morgan fingerprint density at radius 3 is 2.83 bits per heavy atom. The quantitative estimate of drug-likeness (QED) is 0.668. The average molecular weight is 392 g/mol. The lowest BCUT2D eigenvalue weighted by Gasteiger charge is -2.33. The van der Waals surface area contributed by atoms with E-state index in [1.165, 1.54) is 0 Å². The number of nitrogens with zero attached hydrogens (tertiary/aromatic N) is 4. The summed E-state index contributed by atoms with van der Waals surface area (Å²) in [5.74, 6) is 2.86. The monoisotopic (exact) mass is 392 g/mol. The molecule has 0 radical (unpaired) electrons. The van der Waals surface area contributed by atoms with Crippen molar-refractivity contribution in [1.82, 2.24) is 25.1 Å². The van der Waals surface area contributed by atoms with E-state index in [4.69, 9.17) is 4.74 Å². The number of amides is 1. The molecule has 1 aliphatic heterocycles. The fraction of sp³-hybridized carbons (Fsp3) is 0.333. The first-order valence-corrected chi connectivity index (χ1v) is 9.78. The Bertz CT molecular complexity index is 941. The second kappa shape index (κ2) is 8.83. The largest absolute Gasteiger partial charge is 0.456 e. The van der Waals surface area contributed by atoms with E-state index in [2.05, 4.69) is 30.4 Å². The zero-order chi connectivity index (χ0) is 20.1. The Morgan fingerprint density at radius 1 is 1.24 bits per heavy atom. The van der Waals surface area contributed by atoms with Gasteiger partial charge < -0.3 is 10.1 Å². The van der Waals surface area contributed by atoms with Gasteiger partial charge in [-0.15, -0.1) is 0 Å². The minimum Gasteiger partial charge on any atom is -0.456 e. The number of aromatic nitrogens is 4. The molecule has 3 aromatic rings. The van der Waals surface area contributed by atoms with Crippen molar-refractivity contribution in [1.29, 1.82) is 0 Å². The van der Waals surface area contributed by atoms with Gasteiger partial charge in [-0.3, -0.25) is 19.8 Å². The Kier molecular flexibility index (Phi) is 5.81. The van der Waals surface area contributed by atoms with Gasteiger partial charge in [-0.1, -0.05) is 6.42 Å². The van der Waals surface area contributed by atoms with Gasteiger partial charge in [0.1, 0.15) is 17.3 Å². The van der Waals surface area contributed by atoms with Crippen molar-refractivity contribution >= 4 is 11.6 Å². The van der Waals surface area contributed by atoms with Crippen molar-refractivity contribution < 1.29 is 9.53 Å². The Balaban J connectivity index is 1.38. The molecule has 1 unspecified atom stereocenters. The third kappa shape index (κ3) is 4.97. The van der Waals surface area contributed by atoms with E-state index in [9.17, 15) is 4.79 Å². The first-order valence-electron chi connectivity index (χ1n) is 9.78. The van der Waals surface area contributed by atoms with E-state index in [0.717, 1.165) is 43.1 Å². The summed E-state index contributed by atoms with van der Waals surface area (Å²) in [7, 11) is 0. The van der Waals surface area contributed by atoms with Crippen LogP contribution in [0.3, 0.4) is 0 Å². The number of likely N-dealkylation sites (tertiary alicyclic amines) is 1. The van der Waals surface area contributed by atoms with Crippen LogP contribution in [0.4, 0.5) is 5.69 Å². The molecule has 0 aliphatic carbocycles. The molecule has 1 aromatic carbocycles. The topological polar surface area (TPSA) is 96.0 Å². The van der Waals surface area contributed by atoms with Gasteiger partial charge >= 0.3 is 0 Å². The molecule has 1 fully saturated rings. The zero-order valence-electron chi connectivity index (χ0n) is 16.3. The first-order chi connectivity index (χ1) is 14.2. The second-order valence-electron chi connectivity index (χ2n) is 7.12. The number of H-pyrrole nitrogens is 1. The summed E-state index contributed by atoms with van der Waals surface area (Å²) in [5, 5.41) is 10.1. The van der Waals surface area contributed by atoms with Crippen LogP contribution < -0.4 is 10.1 Å². The van der Waals surface area contributed by atoms with Crippen LogP contribution in [0.15, 0.2) is 48.8 Å². The minimum atomic E-state index is -0.186. The number of carbonyl (C=O) groups is 1. The smallest absolute Gasteiger partial charge is 0.241 e. The third-order valence-electron chi connectivity index (χ3n) is 4.90. The van der Waals surface area contributed by atoms with Gasteiger partial charge in [0.2, 0.25) is 5.91 Å². The zero-order valence-corrected chi connectivity index (χ0v) is 16.3. The summed E-state index contributed by atoms with van der Waals surface area (Å²) in [5.41, 5.74) is 0.743. The SMILES string of the molecule is Cc1nc(CN2CCCCC2C(=O)Nc2ccc(Oc3cccnc3)cc2)n[nH]1. The van der Waals surface area contributed by atoms with Crippen molar-refractivity contribution in [3.8, 4) is 11.5 Å². The molecule has 2 N–H and O–H groups in total. The molecule has 2 aromatic heterocycles. The Morgan fingerprint density at radius 2 is 2.10 bits per heavy atom. The predicted octanol–water partition coefficient (Wildman–Crippen LogP) is 3.29. The van der Waals surface area contributed by atoms with Gasteiger partial charge in [0, 0.05) is 11.9 Å². The number of rotatable bonds is 6. The Hall–Kier alpha value is -3.26. The molecule has 8 heteroatoms. The maximum absolute atomic E-state index is 12.9. The molecule has 150 valence electrons. The van der Waals surface area contributed by atoms with Gasteiger partial charge in [-0.2, -0.15) is 5.10 Å². The van der Waals surface area contributed by atoms with Crippen LogP contribution >= 0.6 is 0 Å². The molecular formula is C21H24N6O2. The fourth-order valence-corrected chi connectivity index (χ4v) is 3.49. The lowest BCUT2D eigenvalue weighted by Crippen LogP contribution is -2.46. The normalized spacial score (nSPS) is 17.1. The second-order valence-corrected chi connectivity index (χ2v) is 7.12. The molecule has 4 rings (SSSR count). The maximum atomic E-state index is 12.9. The van der Waals surface area contributed by atoms with Crippen LogP contribution in [0, 0.1) is 6.92 Å². The molecule has 8 nitrogen and oxygen atoms in total. The van der Waals surface area contributed by atoms with Crippen LogP contribution in [0.1, 0.15) is 30.9 Å². The van der Waals surface area contributed by atoms with E-state index in [0.29, 0.717) is 18.0 Å². The highest BCUT2D eigenvalue weighted by Crippen LogP contribution is 2.24. The Labute approximate surface area is 169 Å². The number of benzene rings is 1. The van der Waals surface area contributed by atoms with E-state index in [1.807, 2.05) is 43.3 Å². The van der Waals surface area contributed by atoms with E-state index in [1.54, 1.807) is 12.4 Å². The molecule has 0 bridgehead atoms. The van der Waals surface area contributed by atoms with E-state index < -0.39 is 0 Å². The fourth-order valence-electron chi connectivity index (χ4n) is 3.49. The standard InChI is InChI=1S/C21H24N6O2/c1-15-23-20(26-25-15)14-27-12-3-2-6-19(27)21(28)24-16-7-9-17(10-8-16)29-18-5-4-11-22-13-18/h4-5,7-11,13,19H,2-3,6,12,14H2,1H3,(H,24,28)(H,23,25,26). The lowest BCUT2D eigenvalue weighted by molar-refractivity contribution is -0.122. The van der Waals surface area contributed by atoms with Crippen LogP contribution in [0.25, 0.3) is 0 Å². The summed E-state index contributed by atoms with van der Waals surface area (Å²) in [6.07, 6.45) is 6.30. The van der Waals surface area contributed by atoms with E-state index >= 15 is 0 Å². The van der Waals surface area contributed by atoms with Crippen molar-refractivity contribution in [3.05, 3.63) is 60.4 Å². The molecule has 1 amide bonds. The van der Waals surface area contributed by atoms with Crippen molar-refractivity contribution in [2.24, 2.45) is 0 Å². The van der Waals surface area contributed by atoms with Gasteiger partial charge in [-0.05, 0) is 62.7 Å². The highest BCUT2D eigenvalue weighted by molar-refractivity contribution is 5.94. The number of pyridine rings is 1. The maximum Gasteiger partial charge on any atom is 0.241 e. The molecular weight excluding hydrogens is 368 g/mol.